The van der Waals surface area contributed by atoms with Crippen molar-refractivity contribution in [1.82, 2.24) is 10.6 Å². The van der Waals surface area contributed by atoms with Gasteiger partial charge in [-0.1, -0.05) is 13.8 Å². The summed E-state index contributed by atoms with van der Waals surface area (Å²) in [5.41, 5.74) is -0.147. The molecular weight excluding hydrogens is 211 g/mol. The lowest BCUT2D eigenvalue weighted by Crippen LogP contribution is -2.41. The Hall–Kier alpha value is -0.840. The van der Waals surface area contributed by atoms with E-state index in [0.29, 0.717) is 25.9 Å². The maximum atomic E-state index is 11.8. The molecule has 96 valence electrons. The molecule has 0 saturated heterocycles. The Morgan fingerprint density at radius 3 is 2.56 bits per heavy atom. The summed E-state index contributed by atoms with van der Waals surface area (Å²) in [5, 5.41) is 14.5. The van der Waals surface area contributed by atoms with Crippen molar-refractivity contribution in [2.45, 2.75) is 39.7 Å². The van der Waals surface area contributed by atoms with Crippen molar-refractivity contribution >= 4 is 6.03 Å². The lowest BCUT2D eigenvalue weighted by molar-refractivity contribution is 0.129. The van der Waals surface area contributed by atoms with Gasteiger partial charge in [0.1, 0.15) is 0 Å². The van der Waals surface area contributed by atoms with E-state index in [1.165, 1.54) is 0 Å². The molecule has 2 amide bonds. The molecule has 0 aliphatic carbocycles. The standard InChI is InChI=1S/C11H23FN2O2/c1-9(15)7-11(2,3)8-14-10(16)13-6-4-5-12/h9,15H,4-8H2,1-3H3,(H2,13,14,16). The Kier molecular flexibility index (Phi) is 7.05. The number of aliphatic hydroxyl groups excluding tert-OH is 1. The van der Waals surface area contributed by atoms with Crippen molar-refractivity contribution in [3.63, 3.8) is 0 Å². The molecule has 0 aromatic carbocycles. The normalized spacial score (nSPS) is 13.3. The van der Waals surface area contributed by atoms with Crippen molar-refractivity contribution in [2.75, 3.05) is 19.8 Å². The summed E-state index contributed by atoms with van der Waals surface area (Å²) in [6.07, 6.45) is 0.578. The van der Waals surface area contributed by atoms with E-state index in [0.717, 1.165) is 0 Å². The van der Waals surface area contributed by atoms with Gasteiger partial charge in [0.15, 0.2) is 0 Å². The fourth-order valence-corrected chi connectivity index (χ4v) is 1.52. The van der Waals surface area contributed by atoms with Gasteiger partial charge in [-0.15, -0.1) is 0 Å². The third-order valence-electron chi connectivity index (χ3n) is 2.17. The van der Waals surface area contributed by atoms with Gasteiger partial charge in [0.25, 0.3) is 0 Å². The van der Waals surface area contributed by atoms with Crippen molar-refractivity contribution in [1.29, 1.82) is 0 Å². The molecule has 4 nitrogen and oxygen atoms in total. The Bertz CT molecular complexity index is 208. The van der Waals surface area contributed by atoms with Gasteiger partial charge in [0, 0.05) is 13.1 Å². The van der Waals surface area contributed by atoms with Crippen LogP contribution in [0.5, 0.6) is 0 Å². The fourth-order valence-electron chi connectivity index (χ4n) is 1.52. The number of aliphatic hydroxyl groups is 1. The number of hydrogen-bond donors (Lipinski definition) is 3. The van der Waals surface area contributed by atoms with E-state index in [9.17, 15) is 14.3 Å². The molecule has 1 atom stereocenters. The van der Waals surface area contributed by atoms with Crippen molar-refractivity contribution in [3.8, 4) is 0 Å². The van der Waals surface area contributed by atoms with E-state index >= 15 is 0 Å². The van der Waals surface area contributed by atoms with Crippen LogP contribution in [0.1, 0.15) is 33.6 Å². The monoisotopic (exact) mass is 234 g/mol. The molecule has 0 spiro atoms. The molecule has 3 N–H and O–H groups in total. The Labute approximate surface area is 96.6 Å². The average molecular weight is 234 g/mol. The second kappa shape index (κ2) is 7.44. The van der Waals surface area contributed by atoms with Crippen LogP contribution in [0.3, 0.4) is 0 Å². The third kappa shape index (κ3) is 8.47. The highest BCUT2D eigenvalue weighted by atomic mass is 19.1. The first-order valence-electron chi connectivity index (χ1n) is 5.63. The molecule has 0 heterocycles. The Morgan fingerprint density at radius 1 is 1.44 bits per heavy atom. The quantitative estimate of drug-likeness (QED) is 0.584. The highest BCUT2D eigenvalue weighted by Crippen LogP contribution is 2.20. The molecule has 0 rings (SSSR count). The molecule has 5 heteroatoms. The second-order valence-electron chi connectivity index (χ2n) is 4.87. The Morgan fingerprint density at radius 2 is 2.06 bits per heavy atom. The molecule has 0 fully saturated rings. The minimum absolute atomic E-state index is 0.147. The van der Waals surface area contributed by atoms with Gasteiger partial charge in [-0.3, -0.25) is 4.39 Å². The van der Waals surface area contributed by atoms with Crippen molar-refractivity contribution in [2.24, 2.45) is 5.41 Å². The topological polar surface area (TPSA) is 61.4 Å². The number of amides is 2. The van der Waals surface area contributed by atoms with Crippen LogP contribution in [0.4, 0.5) is 9.18 Å². The molecule has 0 aromatic heterocycles. The van der Waals surface area contributed by atoms with Crippen LogP contribution in [0.15, 0.2) is 0 Å². The van der Waals surface area contributed by atoms with Crippen molar-refractivity contribution < 1.29 is 14.3 Å². The number of hydrogen-bond acceptors (Lipinski definition) is 2. The SMILES string of the molecule is CC(O)CC(C)(C)CNC(=O)NCCCF. The number of urea groups is 1. The first kappa shape index (κ1) is 15.2. The largest absolute Gasteiger partial charge is 0.393 e. The summed E-state index contributed by atoms with van der Waals surface area (Å²) in [6.45, 7) is 6.08. The van der Waals surface area contributed by atoms with Crippen LogP contribution < -0.4 is 10.6 Å². The molecule has 0 bridgehead atoms. The predicted molar refractivity (Wildman–Crippen MR) is 62.1 cm³/mol. The number of carbonyl (C=O) groups excluding carboxylic acids is 1. The molecular formula is C11H23FN2O2. The number of alkyl halides is 1. The number of rotatable bonds is 7. The van der Waals surface area contributed by atoms with Gasteiger partial charge in [-0.2, -0.15) is 0 Å². The van der Waals surface area contributed by atoms with E-state index in [1.807, 2.05) is 13.8 Å². The van der Waals surface area contributed by atoms with Gasteiger partial charge in [-0.25, -0.2) is 4.79 Å². The summed E-state index contributed by atoms with van der Waals surface area (Å²) in [5.74, 6) is 0. The van der Waals surface area contributed by atoms with Crippen LogP contribution in [0.2, 0.25) is 0 Å². The van der Waals surface area contributed by atoms with E-state index in [4.69, 9.17) is 0 Å². The van der Waals surface area contributed by atoms with Crippen LogP contribution in [0.25, 0.3) is 0 Å². The average Bonchev–Trinajstić information content (AvgIpc) is 2.13. The second-order valence-corrected chi connectivity index (χ2v) is 4.87. The minimum Gasteiger partial charge on any atom is -0.393 e. The van der Waals surface area contributed by atoms with Gasteiger partial charge >= 0.3 is 6.03 Å². The molecule has 16 heavy (non-hydrogen) atoms. The molecule has 1 unspecified atom stereocenters. The molecule has 0 saturated carbocycles. The zero-order valence-corrected chi connectivity index (χ0v) is 10.3. The maximum Gasteiger partial charge on any atom is 0.314 e. The lowest BCUT2D eigenvalue weighted by atomic mass is 9.87. The minimum atomic E-state index is -0.423. The smallest absolute Gasteiger partial charge is 0.314 e. The molecule has 0 radical (unpaired) electrons. The maximum absolute atomic E-state index is 11.8. The highest BCUT2D eigenvalue weighted by Gasteiger charge is 2.20. The molecule has 0 aliphatic rings. The van der Waals surface area contributed by atoms with Crippen LogP contribution >= 0.6 is 0 Å². The zero-order chi connectivity index (χ0) is 12.6. The van der Waals surface area contributed by atoms with Crippen molar-refractivity contribution in [3.05, 3.63) is 0 Å². The molecule has 0 aromatic rings. The van der Waals surface area contributed by atoms with E-state index in [2.05, 4.69) is 10.6 Å². The van der Waals surface area contributed by atoms with Crippen LogP contribution in [0, 0.1) is 5.41 Å². The summed E-state index contributed by atoms with van der Waals surface area (Å²) in [7, 11) is 0. The predicted octanol–water partition coefficient (Wildman–Crippen LogP) is 1.44. The number of nitrogens with one attached hydrogen (secondary N) is 2. The summed E-state index contributed by atoms with van der Waals surface area (Å²) in [6, 6.07) is -0.285. The first-order chi connectivity index (χ1) is 7.37. The highest BCUT2D eigenvalue weighted by molar-refractivity contribution is 5.73. The van der Waals surface area contributed by atoms with E-state index in [1.54, 1.807) is 6.92 Å². The van der Waals surface area contributed by atoms with Crippen LogP contribution in [-0.2, 0) is 0 Å². The van der Waals surface area contributed by atoms with E-state index in [-0.39, 0.29) is 17.6 Å². The number of halogens is 1. The lowest BCUT2D eigenvalue weighted by Gasteiger charge is -2.26. The van der Waals surface area contributed by atoms with Gasteiger partial charge in [0.05, 0.1) is 12.8 Å². The van der Waals surface area contributed by atoms with Crippen LogP contribution in [-0.4, -0.2) is 37.0 Å². The number of carbonyl (C=O) groups is 1. The zero-order valence-electron chi connectivity index (χ0n) is 10.3. The van der Waals surface area contributed by atoms with E-state index < -0.39 is 6.67 Å². The van der Waals surface area contributed by atoms with Gasteiger partial charge in [0.2, 0.25) is 0 Å². The summed E-state index contributed by atoms with van der Waals surface area (Å²) in [4.78, 5) is 11.2. The third-order valence-corrected chi connectivity index (χ3v) is 2.17. The summed E-state index contributed by atoms with van der Waals surface area (Å²) < 4.78 is 11.8. The molecule has 0 aliphatic heterocycles. The van der Waals surface area contributed by atoms with Gasteiger partial charge in [-0.05, 0) is 25.2 Å². The summed E-state index contributed by atoms with van der Waals surface area (Å²) >= 11 is 0. The Balaban J connectivity index is 3.72. The fraction of sp³-hybridized carbons (Fsp3) is 0.909. The van der Waals surface area contributed by atoms with Gasteiger partial charge < -0.3 is 15.7 Å². The first-order valence-corrected chi connectivity index (χ1v) is 5.63.